The largest absolute Gasteiger partial charge is 0.495 e. The van der Waals surface area contributed by atoms with Crippen LogP contribution in [0.15, 0.2) is 42.6 Å². The van der Waals surface area contributed by atoms with Crippen molar-refractivity contribution in [1.29, 1.82) is 0 Å². The fourth-order valence-corrected chi connectivity index (χ4v) is 8.08. The van der Waals surface area contributed by atoms with Gasteiger partial charge in [-0.05, 0) is 56.0 Å². The second-order valence-electron chi connectivity index (χ2n) is 14.7. The minimum absolute atomic E-state index is 0.0476. The zero-order valence-corrected chi connectivity index (χ0v) is 33.4. The Morgan fingerprint density at radius 2 is 1.69 bits per heavy atom. The monoisotopic (exact) mass is 811 g/mol. The summed E-state index contributed by atoms with van der Waals surface area (Å²) in [5.74, 6) is -0.983. The second kappa shape index (κ2) is 18.2. The van der Waals surface area contributed by atoms with Gasteiger partial charge in [-0.15, -0.1) is 0 Å². The molecule has 3 aromatic rings. The fraction of sp³-hybridized carbons (Fsp3) is 0.463. The molecule has 2 aromatic carbocycles. The third kappa shape index (κ3) is 8.54. The SMILES string of the molecule is CCC1C(=O)N(C)c2cnc(Nc3ccc(C(=O)NCCOCCOCCNc4cccc5c4C(=O)N(C4CCC(=O)NC4=O)C5=O)cc3OC)nc2N1C1CCCC1. The van der Waals surface area contributed by atoms with Crippen LogP contribution in [0.25, 0.3) is 0 Å². The van der Waals surface area contributed by atoms with Gasteiger partial charge < -0.3 is 40.0 Å². The van der Waals surface area contributed by atoms with Crippen LogP contribution < -0.4 is 35.8 Å². The van der Waals surface area contributed by atoms with Gasteiger partial charge in [0.2, 0.25) is 23.7 Å². The molecule has 1 aromatic heterocycles. The van der Waals surface area contributed by atoms with E-state index in [-0.39, 0.29) is 80.8 Å². The smallest absolute Gasteiger partial charge is 0.264 e. The highest BCUT2D eigenvalue weighted by atomic mass is 16.5. The molecule has 2 atom stereocenters. The molecule has 1 saturated carbocycles. The summed E-state index contributed by atoms with van der Waals surface area (Å²) in [6.07, 6.45) is 6.76. The average molecular weight is 812 g/mol. The Hall–Kier alpha value is -6.14. The summed E-state index contributed by atoms with van der Waals surface area (Å²) < 4.78 is 16.9. The molecular weight excluding hydrogens is 763 g/mol. The Kier molecular flexibility index (Phi) is 12.7. The standard InChI is InChI=1S/C41H49N9O9/c1-4-29-39(55)48(2)31-23-44-41(47-35(31)49(29)25-8-5-6-9-25)45-27-13-12-24(22-32(27)57-3)36(52)43-17-19-59-21-20-58-18-16-42-28-11-7-10-26-34(28)40(56)50(38(26)54)30-14-15-33(51)46-37(30)53/h7,10-13,22-23,25,29-30,42H,4-6,8-9,14-21H2,1-3H3,(H,43,52)(H,44,45,47)(H,46,51,53). The quantitative estimate of drug-likeness (QED) is 0.114. The van der Waals surface area contributed by atoms with E-state index in [1.54, 1.807) is 48.5 Å². The molecule has 4 heterocycles. The number of nitrogens with zero attached hydrogens (tertiary/aromatic N) is 5. The van der Waals surface area contributed by atoms with E-state index in [0.717, 1.165) is 36.4 Å². The number of piperidine rings is 1. The van der Waals surface area contributed by atoms with E-state index >= 15 is 0 Å². The molecule has 0 radical (unpaired) electrons. The van der Waals surface area contributed by atoms with E-state index in [9.17, 15) is 28.8 Å². The Morgan fingerprint density at radius 3 is 2.42 bits per heavy atom. The van der Waals surface area contributed by atoms with Crippen molar-refractivity contribution in [3.63, 3.8) is 0 Å². The number of carbonyl (C=O) groups excluding carboxylic acids is 6. The number of methoxy groups -OCH3 is 1. The maximum absolute atomic E-state index is 13.3. The van der Waals surface area contributed by atoms with Crippen LogP contribution in [0.4, 0.5) is 28.8 Å². The van der Waals surface area contributed by atoms with Crippen molar-refractivity contribution in [2.24, 2.45) is 0 Å². The summed E-state index contributed by atoms with van der Waals surface area (Å²) in [6.45, 7) is 3.74. The van der Waals surface area contributed by atoms with Crippen LogP contribution in [0.3, 0.4) is 0 Å². The van der Waals surface area contributed by atoms with Crippen molar-refractivity contribution in [2.45, 2.75) is 70.0 Å². The normalized spacial score (nSPS) is 19.2. The van der Waals surface area contributed by atoms with Crippen molar-refractivity contribution in [3.8, 4) is 5.75 Å². The molecule has 59 heavy (non-hydrogen) atoms. The number of rotatable bonds is 17. The van der Waals surface area contributed by atoms with Crippen molar-refractivity contribution >= 4 is 64.3 Å². The number of imide groups is 2. The van der Waals surface area contributed by atoms with Crippen molar-refractivity contribution < 1.29 is 43.0 Å². The van der Waals surface area contributed by atoms with E-state index in [1.807, 2.05) is 6.92 Å². The highest BCUT2D eigenvalue weighted by molar-refractivity contribution is 6.25. The van der Waals surface area contributed by atoms with Gasteiger partial charge in [0.1, 0.15) is 23.5 Å². The fourth-order valence-electron chi connectivity index (χ4n) is 8.08. The zero-order valence-electron chi connectivity index (χ0n) is 33.4. The first-order valence-electron chi connectivity index (χ1n) is 20.0. The number of amides is 6. The lowest BCUT2D eigenvalue weighted by Gasteiger charge is -2.43. The number of aromatic nitrogens is 2. The number of fused-ring (bicyclic) bond motifs is 2. The maximum atomic E-state index is 13.3. The van der Waals surface area contributed by atoms with Crippen LogP contribution in [0, 0.1) is 0 Å². The maximum Gasteiger partial charge on any atom is 0.264 e. The van der Waals surface area contributed by atoms with E-state index in [4.69, 9.17) is 19.2 Å². The van der Waals surface area contributed by atoms with Crippen molar-refractivity contribution in [2.75, 3.05) is 74.1 Å². The predicted molar refractivity (Wildman–Crippen MR) is 216 cm³/mol. The summed E-state index contributed by atoms with van der Waals surface area (Å²) in [7, 11) is 3.28. The summed E-state index contributed by atoms with van der Waals surface area (Å²) in [6, 6.07) is 8.84. The number of hydrogen-bond acceptors (Lipinski definition) is 14. The third-order valence-corrected chi connectivity index (χ3v) is 11.1. The predicted octanol–water partition coefficient (Wildman–Crippen LogP) is 3.01. The number of benzene rings is 2. The molecule has 0 bridgehead atoms. The number of likely N-dealkylation sites (N-methyl/N-ethyl adjacent to an activating group) is 1. The van der Waals surface area contributed by atoms with Gasteiger partial charge in [-0.2, -0.15) is 4.98 Å². The van der Waals surface area contributed by atoms with Gasteiger partial charge in [0.05, 0.1) is 56.5 Å². The van der Waals surface area contributed by atoms with E-state index in [0.29, 0.717) is 47.3 Å². The molecule has 2 unspecified atom stereocenters. The van der Waals surface area contributed by atoms with Gasteiger partial charge in [-0.1, -0.05) is 25.8 Å². The van der Waals surface area contributed by atoms with Crippen LogP contribution in [0.2, 0.25) is 0 Å². The molecule has 18 heteroatoms. The molecular formula is C41H49N9O9. The number of carbonyl (C=O) groups is 6. The molecule has 3 aliphatic heterocycles. The number of nitrogens with one attached hydrogen (secondary N) is 4. The van der Waals surface area contributed by atoms with E-state index < -0.39 is 29.7 Å². The average Bonchev–Trinajstić information content (AvgIpc) is 3.86. The Balaban J connectivity index is 0.834. The zero-order chi connectivity index (χ0) is 41.6. The number of ether oxygens (including phenoxy) is 3. The Bertz CT molecular complexity index is 2130. The molecule has 7 rings (SSSR count). The van der Waals surface area contributed by atoms with E-state index in [2.05, 4.69) is 31.2 Å². The van der Waals surface area contributed by atoms with Crippen LogP contribution >= 0.6 is 0 Å². The van der Waals surface area contributed by atoms with Gasteiger partial charge in [-0.25, -0.2) is 4.98 Å². The Labute approximate surface area is 341 Å². The molecule has 4 aliphatic rings. The molecule has 1 aliphatic carbocycles. The van der Waals surface area contributed by atoms with E-state index in [1.165, 1.54) is 13.2 Å². The minimum Gasteiger partial charge on any atom is -0.495 e. The highest BCUT2D eigenvalue weighted by Crippen LogP contribution is 2.40. The van der Waals surface area contributed by atoms with Crippen LogP contribution in [0.5, 0.6) is 5.75 Å². The first kappa shape index (κ1) is 41.0. The second-order valence-corrected chi connectivity index (χ2v) is 14.7. The molecule has 18 nitrogen and oxygen atoms in total. The lowest BCUT2D eigenvalue weighted by Crippen LogP contribution is -2.55. The molecule has 1 saturated heterocycles. The van der Waals surface area contributed by atoms with Crippen molar-refractivity contribution in [3.05, 3.63) is 59.3 Å². The van der Waals surface area contributed by atoms with Gasteiger partial charge in [-0.3, -0.25) is 39.0 Å². The molecule has 312 valence electrons. The summed E-state index contributed by atoms with van der Waals surface area (Å²) in [4.78, 5) is 90.6. The van der Waals surface area contributed by atoms with Crippen LogP contribution in [-0.2, 0) is 23.9 Å². The summed E-state index contributed by atoms with van der Waals surface area (Å²) >= 11 is 0. The number of hydrogen-bond donors (Lipinski definition) is 4. The molecule has 4 N–H and O–H groups in total. The minimum atomic E-state index is -1.04. The van der Waals surface area contributed by atoms with Gasteiger partial charge in [0, 0.05) is 43.9 Å². The van der Waals surface area contributed by atoms with Crippen LogP contribution in [-0.4, -0.2) is 122 Å². The van der Waals surface area contributed by atoms with Crippen molar-refractivity contribution in [1.82, 2.24) is 25.5 Å². The summed E-state index contributed by atoms with van der Waals surface area (Å²) in [5, 5.41) is 11.4. The van der Waals surface area contributed by atoms with Crippen LogP contribution in [0.1, 0.15) is 82.9 Å². The Morgan fingerprint density at radius 1 is 0.932 bits per heavy atom. The molecule has 2 fully saturated rings. The lowest BCUT2D eigenvalue weighted by molar-refractivity contribution is -0.136. The van der Waals surface area contributed by atoms with Gasteiger partial charge >= 0.3 is 0 Å². The van der Waals surface area contributed by atoms with Gasteiger partial charge in [0.15, 0.2) is 5.82 Å². The third-order valence-electron chi connectivity index (χ3n) is 11.1. The lowest BCUT2D eigenvalue weighted by atomic mass is 10.0. The molecule has 0 spiro atoms. The molecule has 6 amide bonds. The summed E-state index contributed by atoms with van der Waals surface area (Å²) in [5.41, 5.74) is 2.47. The van der Waals surface area contributed by atoms with Gasteiger partial charge in [0.25, 0.3) is 17.7 Å². The first-order chi connectivity index (χ1) is 28.6. The topological polar surface area (TPSA) is 214 Å². The highest BCUT2D eigenvalue weighted by Gasteiger charge is 2.46. The first-order valence-corrected chi connectivity index (χ1v) is 20.0. The number of anilines is 5.